The number of amides is 1. The standard InChI is InChI=1S/C24H26ClNO6/c1-4-12-32-17-8-5-15(6-9-17)21-20(23(28)24(29)26(21)11-13-30-2)22(27)18-14-16(25)7-10-19(18)31-3/h5-10,14,21,27H,4,11-13H2,1-3H3/b22-20+. The number of hydrogen-bond acceptors (Lipinski definition) is 6. The summed E-state index contributed by atoms with van der Waals surface area (Å²) in [6.07, 6.45) is 0.875. The minimum atomic E-state index is -0.797. The highest BCUT2D eigenvalue weighted by Crippen LogP contribution is 2.41. The average Bonchev–Trinajstić information content (AvgIpc) is 3.06. The Morgan fingerprint density at radius 2 is 1.81 bits per heavy atom. The van der Waals surface area contributed by atoms with Gasteiger partial charge in [-0.05, 0) is 42.3 Å². The number of ether oxygens (including phenoxy) is 3. The Balaban J connectivity index is 2.14. The molecule has 2 aromatic rings. The molecule has 1 N–H and O–H groups in total. The van der Waals surface area contributed by atoms with Crippen LogP contribution in [-0.4, -0.2) is 55.7 Å². The van der Waals surface area contributed by atoms with Gasteiger partial charge >= 0.3 is 0 Å². The molecular formula is C24H26ClNO6. The largest absolute Gasteiger partial charge is 0.507 e. The van der Waals surface area contributed by atoms with E-state index in [1.165, 1.54) is 25.2 Å². The van der Waals surface area contributed by atoms with Gasteiger partial charge in [0.2, 0.25) is 0 Å². The lowest BCUT2D eigenvalue weighted by Gasteiger charge is -2.25. The van der Waals surface area contributed by atoms with Crippen molar-refractivity contribution in [2.75, 3.05) is 34.0 Å². The second-order valence-corrected chi connectivity index (χ2v) is 7.68. The summed E-state index contributed by atoms with van der Waals surface area (Å²) in [5.74, 6) is -0.824. The molecule has 8 heteroatoms. The molecule has 0 radical (unpaired) electrons. The molecule has 1 saturated heterocycles. The maximum absolute atomic E-state index is 13.0. The molecule has 1 unspecified atom stereocenters. The molecule has 32 heavy (non-hydrogen) atoms. The van der Waals surface area contributed by atoms with Crippen molar-refractivity contribution in [3.63, 3.8) is 0 Å². The van der Waals surface area contributed by atoms with Crippen LogP contribution in [0.5, 0.6) is 11.5 Å². The lowest BCUT2D eigenvalue weighted by atomic mass is 9.95. The number of nitrogens with zero attached hydrogens (tertiary/aromatic N) is 1. The van der Waals surface area contributed by atoms with Gasteiger partial charge in [0.25, 0.3) is 11.7 Å². The Bertz CT molecular complexity index is 1020. The summed E-state index contributed by atoms with van der Waals surface area (Å²) in [7, 11) is 2.96. The van der Waals surface area contributed by atoms with Gasteiger partial charge < -0.3 is 24.2 Å². The highest BCUT2D eigenvalue weighted by atomic mass is 35.5. The Morgan fingerprint density at radius 1 is 1.09 bits per heavy atom. The Labute approximate surface area is 192 Å². The van der Waals surface area contributed by atoms with Crippen molar-refractivity contribution in [2.24, 2.45) is 0 Å². The Kier molecular flexibility index (Phi) is 7.77. The molecule has 0 bridgehead atoms. The third-order valence-corrected chi connectivity index (χ3v) is 5.40. The molecular weight excluding hydrogens is 434 g/mol. The molecule has 0 spiro atoms. The van der Waals surface area contributed by atoms with Crippen LogP contribution in [0.1, 0.15) is 30.5 Å². The summed E-state index contributed by atoms with van der Waals surface area (Å²) in [5.41, 5.74) is 0.859. The van der Waals surface area contributed by atoms with E-state index >= 15 is 0 Å². The first-order valence-corrected chi connectivity index (χ1v) is 10.6. The van der Waals surface area contributed by atoms with Crippen LogP contribution in [0.25, 0.3) is 5.76 Å². The van der Waals surface area contributed by atoms with Crippen LogP contribution in [0, 0.1) is 0 Å². The topological polar surface area (TPSA) is 85.3 Å². The zero-order chi connectivity index (χ0) is 23.3. The van der Waals surface area contributed by atoms with Crippen LogP contribution < -0.4 is 9.47 Å². The van der Waals surface area contributed by atoms with E-state index in [1.807, 2.05) is 6.92 Å². The maximum Gasteiger partial charge on any atom is 0.295 e. The number of aliphatic hydroxyl groups excluding tert-OH is 1. The van der Waals surface area contributed by atoms with Crippen LogP contribution >= 0.6 is 11.6 Å². The number of hydrogen-bond donors (Lipinski definition) is 1. The molecule has 0 aliphatic carbocycles. The van der Waals surface area contributed by atoms with Gasteiger partial charge in [0, 0.05) is 18.7 Å². The van der Waals surface area contributed by atoms with Gasteiger partial charge in [-0.25, -0.2) is 0 Å². The molecule has 1 aliphatic heterocycles. The normalized spacial score (nSPS) is 17.6. The summed E-state index contributed by atoms with van der Waals surface area (Å²) < 4.78 is 16.1. The third-order valence-electron chi connectivity index (χ3n) is 5.16. The summed E-state index contributed by atoms with van der Waals surface area (Å²) in [6.45, 7) is 3.02. The summed E-state index contributed by atoms with van der Waals surface area (Å²) in [4.78, 5) is 27.3. The van der Waals surface area contributed by atoms with Crippen LogP contribution in [0.2, 0.25) is 5.02 Å². The fraction of sp³-hybridized carbons (Fsp3) is 0.333. The highest BCUT2D eigenvalue weighted by molar-refractivity contribution is 6.46. The molecule has 3 rings (SSSR count). The van der Waals surface area contributed by atoms with E-state index in [2.05, 4.69) is 0 Å². The first-order chi connectivity index (χ1) is 15.4. The first kappa shape index (κ1) is 23.6. The van der Waals surface area contributed by atoms with E-state index in [9.17, 15) is 14.7 Å². The molecule has 7 nitrogen and oxygen atoms in total. The van der Waals surface area contributed by atoms with Crippen molar-refractivity contribution in [3.05, 3.63) is 64.2 Å². The van der Waals surface area contributed by atoms with E-state index in [0.29, 0.717) is 28.7 Å². The number of benzene rings is 2. The lowest BCUT2D eigenvalue weighted by molar-refractivity contribution is -0.140. The number of halogens is 1. The SMILES string of the molecule is CCCOc1ccc(C2/C(=C(\O)c3cc(Cl)ccc3OC)C(=O)C(=O)N2CCOC)cc1. The van der Waals surface area contributed by atoms with E-state index in [1.54, 1.807) is 36.4 Å². The van der Waals surface area contributed by atoms with E-state index in [4.69, 9.17) is 25.8 Å². The van der Waals surface area contributed by atoms with Gasteiger partial charge in [0.05, 0.1) is 37.5 Å². The van der Waals surface area contributed by atoms with Crippen molar-refractivity contribution >= 4 is 29.1 Å². The van der Waals surface area contributed by atoms with E-state index in [0.717, 1.165) is 6.42 Å². The van der Waals surface area contributed by atoms with Crippen molar-refractivity contribution in [1.29, 1.82) is 0 Å². The molecule has 0 aromatic heterocycles. The number of methoxy groups -OCH3 is 2. The van der Waals surface area contributed by atoms with Gasteiger partial charge in [0.15, 0.2) is 0 Å². The predicted octanol–water partition coefficient (Wildman–Crippen LogP) is 4.21. The molecule has 170 valence electrons. The van der Waals surface area contributed by atoms with Crippen molar-refractivity contribution in [1.82, 2.24) is 4.90 Å². The average molecular weight is 460 g/mol. The molecule has 1 atom stereocenters. The van der Waals surface area contributed by atoms with Gasteiger partial charge in [-0.1, -0.05) is 30.7 Å². The first-order valence-electron chi connectivity index (χ1n) is 10.3. The highest BCUT2D eigenvalue weighted by Gasteiger charge is 2.46. The zero-order valence-electron chi connectivity index (χ0n) is 18.3. The quantitative estimate of drug-likeness (QED) is 0.343. The van der Waals surface area contributed by atoms with Crippen LogP contribution in [0.15, 0.2) is 48.0 Å². The lowest BCUT2D eigenvalue weighted by Crippen LogP contribution is -2.32. The minimum Gasteiger partial charge on any atom is -0.507 e. The summed E-state index contributed by atoms with van der Waals surface area (Å²) in [5, 5.41) is 11.5. The monoisotopic (exact) mass is 459 g/mol. The van der Waals surface area contributed by atoms with Crippen molar-refractivity contribution in [2.45, 2.75) is 19.4 Å². The number of carbonyl (C=O) groups is 2. The van der Waals surface area contributed by atoms with Crippen molar-refractivity contribution in [3.8, 4) is 11.5 Å². The fourth-order valence-electron chi connectivity index (χ4n) is 3.62. The van der Waals surface area contributed by atoms with E-state index in [-0.39, 0.29) is 30.0 Å². The van der Waals surface area contributed by atoms with Crippen LogP contribution in [0.3, 0.4) is 0 Å². The van der Waals surface area contributed by atoms with Gasteiger partial charge in [-0.15, -0.1) is 0 Å². The predicted molar refractivity (Wildman–Crippen MR) is 121 cm³/mol. The number of aliphatic hydroxyl groups is 1. The second kappa shape index (κ2) is 10.5. The Morgan fingerprint density at radius 3 is 2.44 bits per heavy atom. The van der Waals surface area contributed by atoms with Gasteiger partial charge in [-0.2, -0.15) is 0 Å². The number of rotatable bonds is 9. The van der Waals surface area contributed by atoms with Crippen LogP contribution in [0.4, 0.5) is 0 Å². The number of carbonyl (C=O) groups excluding carboxylic acids is 2. The minimum absolute atomic E-state index is 0.0334. The molecule has 2 aromatic carbocycles. The van der Waals surface area contributed by atoms with Crippen LogP contribution in [-0.2, 0) is 14.3 Å². The zero-order valence-corrected chi connectivity index (χ0v) is 19.0. The smallest absolute Gasteiger partial charge is 0.295 e. The second-order valence-electron chi connectivity index (χ2n) is 7.25. The summed E-state index contributed by atoms with van der Waals surface area (Å²) >= 11 is 6.12. The third kappa shape index (κ3) is 4.74. The van der Waals surface area contributed by atoms with Crippen molar-refractivity contribution < 1.29 is 28.9 Å². The molecule has 1 amide bonds. The van der Waals surface area contributed by atoms with E-state index < -0.39 is 17.7 Å². The molecule has 1 heterocycles. The fourth-order valence-corrected chi connectivity index (χ4v) is 3.80. The maximum atomic E-state index is 13.0. The van der Waals surface area contributed by atoms with Gasteiger partial charge in [0.1, 0.15) is 17.3 Å². The Hall–Kier alpha value is -3.03. The number of Topliss-reactive ketones (excluding diaryl/α,β-unsaturated/α-hetero) is 1. The molecule has 1 aliphatic rings. The number of ketones is 1. The molecule has 0 saturated carbocycles. The molecule has 1 fully saturated rings. The summed E-state index contributed by atoms with van der Waals surface area (Å²) in [6, 6.07) is 11.0. The van der Waals surface area contributed by atoms with Gasteiger partial charge in [-0.3, -0.25) is 9.59 Å². The number of likely N-dealkylation sites (tertiary alicyclic amines) is 1.